The van der Waals surface area contributed by atoms with Crippen LogP contribution in [-0.2, 0) is 16.5 Å². The van der Waals surface area contributed by atoms with E-state index in [-0.39, 0.29) is 53.4 Å². The van der Waals surface area contributed by atoms with E-state index in [0.717, 1.165) is 0 Å². The SMILES string of the molecule is [NH2-].[NH2-].[NH2-].[NH2-].[NH2-].[NH2-].[Ni]. The fourth-order valence-corrected chi connectivity index (χ4v) is 0. The minimum atomic E-state index is 0. The Hall–Kier alpha value is 0.254. The number of hydrogen-bond acceptors (Lipinski definition) is 0. The Balaban J connectivity index is 0. The first kappa shape index (κ1) is 4410. The molecular formula is H12N6Ni-6. The molecule has 12 N–H and O–H groups in total. The molecule has 0 bridgehead atoms. The zero-order valence-electron chi connectivity index (χ0n) is 3.78. The molecule has 0 fully saturated rings. The summed E-state index contributed by atoms with van der Waals surface area (Å²) in [5, 5.41) is 0. The van der Waals surface area contributed by atoms with Crippen LogP contribution in [0.5, 0.6) is 0 Å². The Bertz CT molecular complexity index is 4.14. The van der Waals surface area contributed by atoms with E-state index >= 15 is 0 Å². The topological polar surface area (TPSA) is 201 Å². The van der Waals surface area contributed by atoms with Crippen LogP contribution in [0.4, 0.5) is 0 Å². The maximum atomic E-state index is 0. The second-order valence-electron chi connectivity index (χ2n) is 0. The summed E-state index contributed by atoms with van der Waals surface area (Å²) in [6, 6.07) is 0. The molecule has 0 aliphatic rings. The van der Waals surface area contributed by atoms with E-state index in [1.165, 1.54) is 0 Å². The predicted molar refractivity (Wildman–Crippen MR) is 31.7 cm³/mol. The van der Waals surface area contributed by atoms with Gasteiger partial charge < -0.3 is 36.9 Å². The molecule has 0 saturated heterocycles. The molecule has 0 atom stereocenters. The Morgan fingerprint density at radius 3 is 0.286 bits per heavy atom. The summed E-state index contributed by atoms with van der Waals surface area (Å²) in [5.74, 6) is 0. The Labute approximate surface area is 54.2 Å². The minimum absolute atomic E-state index is 0. The van der Waals surface area contributed by atoms with Crippen molar-refractivity contribution in [2.24, 2.45) is 0 Å². The van der Waals surface area contributed by atoms with Crippen LogP contribution in [0.3, 0.4) is 0 Å². The van der Waals surface area contributed by atoms with Gasteiger partial charge in [-0.15, -0.1) is 0 Å². The Kier molecular flexibility index (Phi) is 1690000. The molecule has 0 saturated carbocycles. The number of hydrogen-bond donors (Lipinski definition) is 0. The monoisotopic (exact) mass is 154 g/mol. The largest absolute Gasteiger partial charge is 0.693 e. The van der Waals surface area contributed by atoms with Gasteiger partial charge in [0.1, 0.15) is 0 Å². The van der Waals surface area contributed by atoms with Crippen molar-refractivity contribution in [3.63, 3.8) is 0 Å². The van der Waals surface area contributed by atoms with Gasteiger partial charge in [0.2, 0.25) is 0 Å². The summed E-state index contributed by atoms with van der Waals surface area (Å²) in [6.45, 7) is 0. The Morgan fingerprint density at radius 1 is 0.286 bits per heavy atom. The first-order valence-electron chi connectivity index (χ1n) is 0. The minimum Gasteiger partial charge on any atom is -0.693 e. The van der Waals surface area contributed by atoms with Gasteiger partial charge in [-0.05, 0) is 0 Å². The van der Waals surface area contributed by atoms with Gasteiger partial charge in [0, 0.05) is 16.5 Å². The second-order valence-corrected chi connectivity index (χ2v) is 0. The van der Waals surface area contributed by atoms with Crippen LogP contribution >= 0.6 is 0 Å². The zero-order chi connectivity index (χ0) is 0. The van der Waals surface area contributed by atoms with Crippen LogP contribution in [0.2, 0.25) is 0 Å². The summed E-state index contributed by atoms with van der Waals surface area (Å²) in [7, 11) is 0. The molecule has 0 aromatic rings. The average molecular weight is 155 g/mol. The van der Waals surface area contributed by atoms with E-state index < -0.39 is 0 Å². The number of nitrogens with two attached hydrogens (primary N) is 6. The first-order valence-corrected chi connectivity index (χ1v) is 0. The van der Waals surface area contributed by atoms with Crippen molar-refractivity contribution in [3.8, 4) is 0 Å². The van der Waals surface area contributed by atoms with Gasteiger partial charge in [0.15, 0.2) is 0 Å². The van der Waals surface area contributed by atoms with Crippen LogP contribution < -0.4 is 0 Å². The van der Waals surface area contributed by atoms with Crippen LogP contribution in [0.1, 0.15) is 0 Å². The molecule has 58 valence electrons. The molecule has 6 nitrogen and oxygen atoms in total. The standard InChI is InChI=1S/6H2N.Ni/h6*1H2;/q6*-1;. The fourth-order valence-electron chi connectivity index (χ4n) is 0. The fraction of sp³-hybridized carbons (Fsp3) is 0. The van der Waals surface area contributed by atoms with Crippen molar-refractivity contribution < 1.29 is 16.5 Å². The number of rotatable bonds is 0. The van der Waals surface area contributed by atoms with Crippen molar-refractivity contribution in [2.75, 3.05) is 0 Å². The molecule has 0 aliphatic heterocycles. The molecule has 0 aromatic heterocycles. The summed E-state index contributed by atoms with van der Waals surface area (Å²) in [4.78, 5) is 0. The van der Waals surface area contributed by atoms with E-state index in [1.54, 1.807) is 0 Å². The van der Waals surface area contributed by atoms with Gasteiger partial charge in [0.25, 0.3) is 0 Å². The maximum absolute atomic E-state index is 0. The normalized spacial score (nSPS) is 0. The molecule has 0 radical (unpaired) electrons. The van der Waals surface area contributed by atoms with Crippen molar-refractivity contribution in [3.05, 3.63) is 36.9 Å². The van der Waals surface area contributed by atoms with Crippen molar-refractivity contribution in [1.29, 1.82) is 0 Å². The van der Waals surface area contributed by atoms with E-state index in [2.05, 4.69) is 0 Å². The van der Waals surface area contributed by atoms with Crippen molar-refractivity contribution >= 4 is 0 Å². The summed E-state index contributed by atoms with van der Waals surface area (Å²) < 4.78 is 0. The van der Waals surface area contributed by atoms with E-state index in [1.807, 2.05) is 0 Å². The van der Waals surface area contributed by atoms with Gasteiger partial charge in [-0.3, -0.25) is 0 Å². The third-order valence-corrected chi connectivity index (χ3v) is 0. The molecule has 0 unspecified atom stereocenters. The maximum Gasteiger partial charge on any atom is 0 e. The molecule has 0 amide bonds. The smallest absolute Gasteiger partial charge is 0 e. The van der Waals surface area contributed by atoms with Crippen LogP contribution in [0.25, 0.3) is 36.9 Å². The third-order valence-electron chi connectivity index (χ3n) is 0. The summed E-state index contributed by atoms with van der Waals surface area (Å²) in [6.07, 6.45) is 0. The molecule has 0 spiro atoms. The molecule has 0 heterocycles. The first-order chi connectivity index (χ1) is 0. The van der Waals surface area contributed by atoms with Crippen LogP contribution in [0.15, 0.2) is 0 Å². The second kappa shape index (κ2) is 2690. The van der Waals surface area contributed by atoms with Crippen molar-refractivity contribution in [2.45, 2.75) is 0 Å². The molecular weight excluding hydrogens is 143 g/mol. The van der Waals surface area contributed by atoms with E-state index in [4.69, 9.17) is 0 Å². The van der Waals surface area contributed by atoms with Gasteiger partial charge in [-0.2, -0.15) is 0 Å². The molecule has 0 aromatic carbocycles. The van der Waals surface area contributed by atoms with Crippen LogP contribution in [-0.4, -0.2) is 0 Å². The molecule has 7 heteroatoms. The Morgan fingerprint density at radius 2 is 0.286 bits per heavy atom. The van der Waals surface area contributed by atoms with E-state index in [0.29, 0.717) is 0 Å². The molecule has 0 aliphatic carbocycles. The van der Waals surface area contributed by atoms with Crippen LogP contribution in [0, 0.1) is 0 Å². The summed E-state index contributed by atoms with van der Waals surface area (Å²) in [5.41, 5.74) is 0. The van der Waals surface area contributed by atoms with Gasteiger partial charge in [-0.1, -0.05) is 0 Å². The predicted octanol–water partition coefficient (Wildman–Crippen LogP) is 4.30. The third kappa shape index (κ3) is 1760. The van der Waals surface area contributed by atoms with Crippen molar-refractivity contribution in [1.82, 2.24) is 0 Å². The summed E-state index contributed by atoms with van der Waals surface area (Å²) >= 11 is 0. The van der Waals surface area contributed by atoms with Gasteiger partial charge in [-0.25, -0.2) is 0 Å². The van der Waals surface area contributed by atoms with E-state index in [9.17, 15) is 0 Å². The molecule has 7 heavy (non-hydrogen) atoms. The van der Waals surface area contributed by atoms with Gasteiger partial charge in [0.05, 0.1) is 0 Å². The molecule has 0 rings (SSSR count). The van der Waals surface area contributed by atoms with Gasteiger partial charge >= 0.3 is 0 Å². The quantitative estimate of drug-likeness (QED) is 0.448. The average Bonchev–Trinajstić information content (AvgIpc) is 0. The zero-order valence-corrected chi connectivity index (χ0v) is 4.77.